The van der Waals surface area contributed by atoms with Gasteiger partial charge in [0.2, 0.25) is 0 Å². The molecule has 0 radical (unpaired) electrons. The molecule has 0 N–H and O–H groups in total. The number of hydrogen-bond donors (Lipinski definition) is 0. The molecule has 10 atom stereocenters. The van der Waals surface area contributed by atoms with E-state index in [1.165, 1.54) is 0 Å². The molecular formula is C36H37O14P3. The van der Waals surface area contributed by atoms with Gasteiger partial charge in [0.25, 0.3) is 0 Å². The number of phosphoric ester groups is 1. The van der Waals surface area contributed by atoms with Gasteiger partial charge >= 0.3 is 24.7 Å². The van der Waals surface area contributed by atoms with Gasteiger partial charge < -0.3 is 37.0 Å². The summed E-state index contributed by atoms with van der Waals surface area (Å²) in [7, 11) is -9.26. The van der Waals surface area contributed by atoms with Crippen LogP contribution >= 0.6 is 24.7 Å². The molecule has 4 aromatic rings. The van der Waals surface area contributed by atoms with Gasteiger partial charge in [0.15, 0.2) is 0 Å². The van der Waals surface area contributed by atoms with Crippen LogP contribution in [0.25, 0.3) is 0 Å². The molecule has 4 saturated heterocycles. The van der Waals surface area contributed by atoms with Crippen LogP contribution in [0.4, 0.5) is 0 Å². The van der Waals surface area contributed by atoms with Crippen molar-refractivity contribution in [3.8, 4) is 23.0 Å². The van der Waals surface area contributed by atoms with E-state index >= 15 is 0 Å². The second kappa shape index (κ2) is 17.0. The van der Waals surface area contributed by atoms with Crippen molar-refractivity contribution in [2.24, 2.45) is 0 Å². The Hall–Kier alpha value is -3.35. The number of para-hydroxylation sites is 4. The van der Waals surface area contributed by atoms with Crippen molar-refractivity contribution < 1.29 is 64.3 Å². The average molecular weight is 787 g/mol. The van der Waals surface area contributed by atoms with Crippen LogP contribution in [0.2, 0.25) is 0 Å². The van der Waals surface area contributed by atoms with Crippen LogP contribution in [0.15, 0.2) is 121 Å². The Labute approximate surface area is 308 Å². The minimum absolute atomic E-state index is 0.00677. The van der Waals surface area contributed by atoms with E-state index in [0.717, 1.165) is 0 Å². The zero-order valence-corrected chi connectivity index (χ0v) is 30.9. The first-order valence-electron chi connectivity index (χ1n) is 17.0. The maximum absolute atomic E-state index is 14.5. The number of rotatable bonds is 16. The highest BCUT2D eigenvalue weighted by atomic mass is 31.2. The molecule has 0 aliphatic carbocycles. The summed E-state index contributed by atoms with van der Waals surface area (Å²) in [5, 5.41) is 0. The third-order valence-electron chi connectivity index (χ3n) is 8.67. The van der Waals surface area contributed by atoms with E-state index in [9.17, 15) is 9.13 Å². The van der Waals surface area contributed by atoms with Gasteiger partial charge in [-0.05, 0) is 48.5 Å². The van der Waals surface area contributed by atoms with Crippen molar-refractivity contribution >= 4 is 24.7 Å². The third-order valence-corrected chi connectivity index (χ3v) is 12.2. The van der Waals surface area contributed by atoms with Crippen LogP contribution < -0.4 is 18.1 Å². The summed E-state index contributed by atoms with van der Waals surface area (Å²) in [4.78, 5) is 0. The summed E-state index contributed by atoms with van der Waals surface area (Å²) in [5.41, 5.74) is 0. The van der Waals surface area contributed by atoms with Crippen LogP contribution in [0.3, 0.4) is 0 Å². The molecule has 4 aliphatic rings. The maximum atomic E-state index is 14.5. The summed E-state index contributed by atoms with van der Waals surface area (Å²) >= 11 is 0. The van der Waals surface area contributed by atoms with E-state index in [4.69, 9.17) is 55.1 Å². The fraction of sp³-hybridized carbons (Fsp3) is 0.333. The van der Waals surface area contributed by atoms with Crippen molar-refractivity contribution in [3.05, 3.63) is 121 Å². The Balaban J connectivity index is 0.924. The SMILES string of the molecule is O=[PH](Oc1ccccc1)OC1COC2C(OP(=O)(Oc3ccccc3)OC3COC4C(OP(Oc5ccccc5)Oc5ccccc5)COC34)COC12. The fourth-order valence-corrected chi connectivity index (χ4v) is 9.76. The zero-order valence-electron chi connectivity index (χ0n) is 28.1. The lowest BCUT2D eigenvalue weighted by Crippen LogP contribution is -2.35. The smallest absolute Gasteiger partial charge is 0.426 e. The summed E-state index contributed by atoms with van der Waals surface area (Å²) in [6, 6.07) is 35.7. The summed E-state index contributed by atoms with van der Waals surface area (Å²) in [5.74, 6) is 1.83. The van der Waals surface area contributed by atoms with E-state index in [2.05, 4.69) is 0 Å². The van der Waals surface area contributed by atoms with Gasteiger partial charge in [-0.15, -0.1) is 0 Å². The molecule has 0 saturated carbocycles. The molecule has 0 bridgehead atoms. The van der Waals surface area contributed by atoms with Gasteiger partial charge in [0.1, 0.15) is 71.8 Å². The number of hydrogen-bond acceptors (Lipinski definition) is 14. The summed E-state index contributed by atoms with van der Waals surface area (Å²) in [6.45, 7) is 0.218. The first kappa shape index (κ1) is 36.6. The highest BCUT2D eigenvalue weighted by Crippen LogP contribution is 2.55. The molecule has 14 nitrogen and oxygen atoms in total. The average Bonchev–Trinajstić information content (AvgIpc) is 3.96. The van der Waals surface area contributed by atoms with E-state index in [1.54, 1.807) is 54.6 Å². The Kier molecular flexibility index (Phi) is 11.7. The monoisotopic (exact) mass is 786 g/mol. The number of phosphoric acid groups is 1. The van der Waals surface area contributed by atoms with Gasteiger partial charge in [-0.3, -0.25) is 18.1 Å². The lowest BCUT2D eigenvalue weighted by molar-refractivity contribution is -0.0216. The molecular weight excluding hydrogens is 749 g/mol. The lowest BCUT2D eigenvalue weighted by Gasteiger charge is -2.26. The first-order chi connectivity index (χ1) is 26.0. The van der Waals surface area contributed by atoms with Crippen LogP contribution in [0.5, 0.6) is 23.0 Å². The second-order valence-electron chi connectivity index (χ2n) is 12.3. The molecule has 17 heteroatoms. The van der Waals surface area contributed by atoms with E-state index in [1.807, 2.05) is 66.7 Å². The second-order valence-corrected chi connectivity index (χ2v) is 15.8. The lowest BCUT2D eigenvalue weighted by atomic mass is 10.1. The van der Waals surface area contributed by atoms with Crippen molar-refractivity contribution in [2.75, 3.05) is 26.4 Å². The number of ether oxygens (including phenoxy) is 4. The topological polar surface area (TPSA) is 145 Å². The Morgan fingerprint density at radius 3 is 1.43 bits per heavy atom. The molecule has 10 unspecified atom stereocenters. The normalized spacial score (nSPS) is 29.2. The van der Waals surface area contributed by atoms with Gasteiger partial charge in [-0.1, -0.05) is 72.8 Å². The van der Waals surface area contributed by atoms with Crippen molar-refractivity contribution in [1.29, 1.82) is 0 Å². The van der Waals surface area contributed by atoms with E-state index < -0.39 is 73.5 Å². The van der Waals surface area contributed by atoms with Crippen molar-refractivity contribution in [3.63, 3.8) is 0 Å². The Morgan fingerprint density at radius 1 is 0.528 bits per heavy atom. The molecule has 280 valence electrons. The van der Waals surface area contributed by atoms with Crippen LogP contribution in [-0.4, -0.2) is 75.3 Å². The Morgan fingerprint density at radius 2 is 0.925 bits per heavy atom. The molecule has 4 fully saturated rings. The van der Waals surface area contributed by atoms with Crippen LogP contribution in [0.1, 0.15) is 0 Å². The standard InChI is InChI=1S/C36H37O14P3/c37-51(43-25-13-5-1-6-14-25)46-29-21-39-35-31(23-41-33(29)35)49-53(38,48-28-19-11-4-12-20-28)50-32-24-42-34-30(22-40-36(32)34)47-52(44-26-15-7-2-8-16-26)45-27-17-9-3-10-18-27/h1-20,29-36,51H,21-24H2. The molecule has 4 aliphatic heterocycles. The van der Waals surface area contributed by atoms with Gasteiger partial charge in [0.05, 0.1) is 26.4 Å². The van der Waals surface area contributed by atoms with E-state index in [-0.39, 0.29) is 32.2 Å². The highest BCUT2D eigenvalue weighted by molar-refractivity contribution is 7.49. The first-order valence-corrected chi connectivity index (χ1v) is 20.8. The van der Waals surface area contributed by atoms with Crippen molar-refractivity contribution in [2.45, 2.75) is 48.8 Å². The summed E-state index contributed by atoms with van der Waals surface area (Å²) in [6.07, 6.45) is -5.62. The molecule has 0 amide bonds. The summed E-state index contributed by atoms with van der Waals surface area (Å²) < 4.78 is 99.3. The Bertz CT molecular complexity index is 1790. The van der Waals surface area contributed by atoms with Gasteiger partial charge in [0, 0.05) is 0 Å². The molecule has 4 heterocycles. The molecule has 4 aromatic carbocycles. The zero-order chi connectivity index (χ0) is 36.0. The third kappa shape index (κ3) is 9.14. The molecule has 8 rings (SSSR count). The minimum atomic E-state index is -4.40. The van der Waals surface area contributed by atoms with Gasteiger partial charge in [-0.25, -0.2) is 9.13 Å². The fourth-order valence-electron chi connectivity index (χ4n) is 6.28. The van der Waals surface area contributed by atoms with Gasteiger partial charge in [-0.2, -0.15) is 0 Å². The van der Waals surface area contributed by atoms with Crippen LogP contribution in [-0.2, 0) is 46.2 Å². The van der Waals surface area contributed by atoms with Crippen molar-refractivity contribution in [1.82, 2.24) is 0 Å². The maximum Gasteiger partial charge on any atom is 0.530 e. The van der Waals surface area contributed by atoms with Crippen LogP contribution in [0, 0.1) is 0 Å². The highest BCUT2D eigenvalue weighted by Gasteiger charge is 2.56. The predicted molar refractivity (Wildman–Crippen MR) is 190 cm³/mol. The minimum Gasteiger partial charge on any atom is -0.426 e. The molecule has 53 heavy (non-hydrogen) atoms. The quantitative estimate of drug-likeness (QED) is 0.106. The predicted octanol–water partition coefficient (Wildman–Crippen LogP) is 7.16. The molecule has 0 aromatic heterocycles. The molecule has 0 spiro atoms. The number of benzene rings is 4. The van der Waals surface area contributed by atoms with E-state index in [0.29, 0.717) is 17.2 Å². The largest absolute Gasteiger partial charge is 0.530 e. The number of fused-ring (bicyclic) bond motifs is 2.